The van der Waals surface area contributed by atoms with E-state index in [0.29, 0.717) is 5.13 Å². The van der Waals surface area contributed by atoms with Crippen LogP contribution in [0.5, 0.6) is 11.5 Å². The highest BCUT2D eigenvalue weighted by Gasteiger charge is 2.17. The monoisotopic (exact) mass is 432 g/mol. The summed E-state index contributed by atoms with van der Waals surface area (Å²) in [5, 5.41) is 12.8. The molecule has 2 aromatic carbocycles. The second kappa shape index (κ2) is 9.36. The molecule has 0 aliphatic carbocycles. The topological polar surface area (TPSA) is 97.2 Å². The van der Waals surface area contributed by atoms with Crippen molar-refractivity contribution < 1.29 is 14.6 Å². The van der Waals surface area contributed by atoms with Crippen molar-refractivity contribution in [3.05, 3.63) is 73.3 Å². The van der Waals surface area contributed by atoms with E-state index in [2.05, 4.69) is 15.3 Å². The van der Waals surface area contributed by atoms with Gasteiger partial charge in [0.1, 0.15) is 17.8 Å². The average molecular weight is 433 g/mol. The predicted molar refractivity (Wildman–Crippen MR) is 120 cm³/mol. The molecule has 2 N–H and O–H groups in total. The number of nitrogens with zero attached hydrogens (tertiary/aromatic N) is 3. The molecule has 0 aliphatic rings. The Kier molecular flexibility index (Phi) is 6.18. The van der Waals surface area contributed by atoms with Crippen molar-refractivity contribution >= 4 is 22.4 Å². The zero-order valence-electron chi connectivity index (χ0n) is 16.7. The summed E-state index contributed by atoms with van der Waals surface area (Å²) in [4.78, 5) is 24.9. The minimum absolute atomic E-state index is 0.00418. The van der Waals surface area contributed by atoms with Gasteiger partial charge in [0.05, 0.1) is 17.0 Å². The molecule has 0 saturated carbocycles. The molecule has 4 aromatic rings. The normalized spacial score (nSPS) is 11.6. The Morgan fingerprint density at radius 3 is 2.39 bits per heavy atom. The SMILES string of the molecule is CC(CC(=O)O)Nc1nc(-c2ccc(Oc3ccccc3)cc2)c(-c2cncnc2)s1. The van der Waals surface area contributed by atoms with E-state index in [1.807, 2.05) is 61.5 Å². The first-order chi connectivity index (χ1) is 15.1. The maximum absolute atomic E-state index is 11.0. The van der Waals surface area contributed by atoms with Gasteiger partial charge in [-0.05, 0) is 43.3 Å². The fraction of sp³-hybridized carbons (Fsp3) is 0.130. The molecule has 0 radical (unpaired) electrons. The number of aliphatic carboxylic acids is 1. The van der Waals surface area contributed by atoms with Crippen LogP contribution in [-0.4, -0.2) is 32.1 Å². The Morgan fingerprint density at radius 2 is 1.71 bits per heavy atom. The highest BCUT2D eigenvalue weighted by molar-refractivity contribution is 7.19. The maximum Gasteiger partial charge on any atom is 0.305 e. The molecule has 4 rings (SSSR count). The number of hydrogen-bond acceptors (Lipinski definition) is 7. The number of anilines is 1. The molecule has 2 heterocycles. The number of carboxylic acid groups (broad SMARTS) is 1. The van der Waals surface area contributed by atoms with E-state index in [0.717, 1.165) is 33.2 Å². The Morgan fingerprint density at radius 1 is 1.03 bits per heavy atom. The lowest BCUT2D eigenvalue weighted by Crippen LogP contribution is -2.19. The number of carbonyl (C=O) groups is 1. The Hall–Kier alpha value is -3.78. The summed E-state index contributed by atoms with van der Waals surface area (Å²) in [6.45, 7) is 1.82. The van der Waals surface area contributed by atoms with E-state index in [-0.39, 0.29) is 12.5 Å². The number of thiazole rings is 1. The fourth-order valence-electron chi connectivity index (χ4n) is 3.02. The Bertz CT molecular complexity index is 1150. The molecule has 0 saturated heterocycles. The maximum atomic E-state index is 11.0. The third-order valence-electron chi connectivity index (χ3n) is 4.41. The number of carboxylic acids is 1. The molecule has 1 atom stereocenters. The molecule has 0 aliphatic heterocycles. The van der Waals surface area contributed by atoms with Crippen LogP contribution in [-0.2, 0) is 4.79 Å². The molecule has 156 valence electrons. The molecule has 1 unspecified atom stereocenters. The fourth-order valence-corrected chi connectivity index (χ4v) is 4.09. The molecule has 7 nitrogen and oxygen atoms in total. The van der Waals surface area contributed by atoms with Gasteiger partial charge in [0.2, 0.25) is 0 Å². The molecule has 0 fully saturated rings. The van der Waals surface area contributed by atoms with Crippen LogP contribution < -0.4 is 10.1 Å². The highest BCUT2D eigenvalue weighted by atomic mass is 32.1. The molecule has 0 amide bonds. The van der Waals surface area contributed by atoms with Gasteiger partial charge in [0.25, 0.3) is 0 Å². The lowest BCUT2D eigenvalue weighted by atomic mass is 10.1. The van der Waals surface area contributed by atoms with Gasteiger partial charge in [0.15, 0.2) is 5.13 Å². The number of nitrogens with one attached hydrogen (secondary N) is 1. The summed E-state index contributed by atoms with van der Waals surface area (Å²) >= 11 is 1.44. The zero-order valence-corrected chi connectivity index (χ0v) is 17.5. The van der Waals surface area contributed by atoms with Crippen molar-refractivity contribution in [2.24, 2.45) is 0 Å². The van der Waals surface area contributed by atoms with Gasteiger partial charge in [-0.2, -0.15) is 0 Å². The van der Waals surface area contributed by atoms with E-state index >= 15 is 0 Å². The van der Waals surface area contributed by atoms with Crippen molar-refractivity contribution in [2.75, 3.05) is 5.32 Å². The number of benzene rings is 2. The minimum Gasteiger partial charge on any atom is -0.481 e. The molecule has 2 aromatic heterocycles. The zero-order chi connectivity index (χ0) is 21.6. The number of hydrogen-bond donors (Lipinski definition) is 2. The number of para-hydroxylation sites is 1. The lowest BCUT2D eigenvalue weighted by Gasteiger charge is -2.09. The van der Waals surface area contributed by atoms with Crippen LogP contribution in [0, 0.1) is 0 Å². The molecule has 0 bridgehead atoms. The average Bonchev–Trinajstić information content (AvgIpc) is 3.18. The lowest BCUT2D eigenvalue weighted by molar-refractivity contribution is -0.137. The molecular formula is C23H20N4O3S. The first-order valence-electron chi connectivity index (χ1n) is 9.66. The van der Waals surface area contributed by atoms with Crippen molar-refractivity contribution in [1.82, 2.24) is 15.0 Å². The van der Waals surface area contributed by atoms with Gasteiger partial charge in [-0.3, -0.25) is 4.79 Å². The Labute approximate surface area is 183 Å². The van der Waals surface area contributed by atoms with Crippen molar-refractivity contribution in [1.29, 1.82) is 0 Å². The van der Waals surface area contributed by atoms with E-state index in [9.17, 15) is 4.79 Å². The second-order valence-corrected chi connectivity index (χ2v) is 7.91. The third-order valence-corrected chi connectivity index (χ3v) is 5.44. The molecule has 8 heteroatoms. The van der Waals surface area contributed by atoms with Crippen LogP contribution in [0.2, 0.25) is 0 Å². The van der Waals surface area contributed by atoms with Crippen molar-refractivity contribution in [3.63, 3.8) is 0 Å². The third kappa shape index (κ3) is 5.23. The number of rotatable bonds is 8. The van der Waals surface area contributed by atoms with Crippen LogP contribution in [0.3, 0.4) is 0 Å². The van der Waals surface area contributed by atoms with Gasteiger partial charge in [0, 0.05) is 29.6 Å². The van der Waals surface area contributed by atoms with E-state index in [1.54, 1.807) is 12.4 Å². The standard InChI is InChI=1S/C23H20N4O3S/c1-15(11-20(28)29)26-23-27-21(22(31-23)17-12-24-14-25-13-17)16-7-9-19(10-8-16)30-18-5-3-2-4-6-18/h2-10,12-15H,11H2,1H3,(H,26,27)(H,28,29). The summed E-state index contributed by atoms with van der Waals surface area (Å²) in [6.07, 6.45) is 4.96. The van der Waals surface area contributed by atoms with Crippen molar-refractivity contribution in [2.45, 2.75) is 19.4 Å². The highest BCUT2D eigenvalue weighted by Crippen LogP contribution is 2.39. The summed E-state index contributed by atoms with van der Waals surface area (Å²) in [7, 11) is 0. The largest absolute Gasteiger partial charge is 0.481 e. The number of aromatic nitrogens is 3. The summed E-state index contributed by atoms with van der Waals surface area (Å²) in [5.41, 5.74) is 2.53. The summed E-state index contributed by atoms with van der Waals surface area (Å²) in [6, 6.07) is 17.0. The van der Waals surface area contributed by atoms with Gasteiger partial charge in [-0.15, -0.1) is 0 Å². The van der Waals surface area contributed by atoms with Crippen LogP contribution in [0.25, 0.3) is 21.7 Å². The van der Waals surface area contributed by atoms with E-state index < -0.39 is 5.97 Å². The van der Waals surface area contributed by atoms with Crippen LogP contribution >= 0.6 is 11.3 Å². The van der Waals surface area contributed by atoms with Gasteiger partial charge in [-0.25, -0.2) is 15.0 Å². The summed E-state index contributed by atoms with van der Waals surface area (Å²) in [5.74, 6) is 0.635. The van der Waals surface area contributed by atoms with Crippen LogP contribution in [0.15, 0.2) is 73.3 Å². The van der Waals surface area contributed by atoms with E-state index in [4.69, 9.17) is 14.8 Å². The van der Waals surface area contributed by atoms with Gasteiger partial charge < -0.3 is 15.2 Å². The predicted octanol–water partition coefficient (Wildman–Crippen LogP) is 5.33. The first-order valence-corrected chi connectivity index (χ1v) is 10.5. The Balaban J connectivity index is 1.63. The van der Waals surface area contributed by atoms with Gasteiger partial charge in [-0.1, -0.05) is 29.5 Å². The molecule has 0 spiro atoms. The molecular weight excluding hydrogens is 412 g/mol. The number of ether oxygens (including phenoxy) is 1. The quantitative estimate of drug-likeness (QED) is 0.388. The van der Waals surface area contributed by atoms with Crippen LogP contribution in [0.4, 0.5) is 5.13 Å². The molecule has 31 heavy (non-hydrogen) atoms. The second-order valence-electron chi connectivity index (χ2n) is 6.91. The van der Waals surface area contributed by atoms with Crippen molar-refractivity contribution in [3.8, 4) is 33.2 Å². The summed E-state index contributed by atoms with van der Waals surface area (Å²) < 4.78 is 5.87. The first kappa shape index (κ1) is 20.5. The van der Waals surface area contributed by atoms with E-state index in [1.165, 1.54) is 17.7 Å². The van der Waals surface area contributed by atoms with Crippen LogP contribution in [0.1, 0.15) is 13.3 Å². The minimum atomic E-state index is -0.859. The van der Waals surface area contributed by atoms with Gasteiger partial charge >= 0.3 is 5.97 Å². The smallest absolute Gasteiger partial charge is 0.305 e.